The van der Waals surface area contributed by atoms with Crippen molar-refractivity contribution >= 4 is 51.6 Å². The summed E-state index contributed by atoms with van der Waals surface area (Å²) in [6.07, 6.45) is 21.4. The van der Waals surface area contributed by atoms with E-state index in [1.54, 1.807) is 24.3 Å². The number of unbranched alkanes of at least 4 members (excludes halogenated alkanes) is 16. The van der Waals surface area contributed by atoms with E-state index in [-0.39, 0.29) is 24.5 Å². The number of hydrogen-bond acceptors (Lipinski definition) is 8. The number of ketones is 1. The van der Waals surface area contributed by atoms with E-state index in [1.807, 2.05) is 56.3 Å². The van der Waals surface area contributed by atoms with Crippen LogP contribution < -0.4 is 15.2 Å². The summed E-state index contributed by atoms with van der Waals surface area (Å²) < 4.78 is 33.6. The number of benzene rings is 3. The molecule has 0 saturated carbocycles. The molecule has 0 fully saturated rings. The Hall–Kier alpha value is -2.71. The van der Waals surface area contributed by atoms with Crippen molar-refractivity contribution < 1.29 is 32.7 Å². The summed E-state index contributed by atoms with van der Waals surface area (Å²) >= 11 is 13.0. The van der Waals surface area contributed by atoms with Crippen molar-refractivity contribution in [3.63, 3.8) is 0 Å². The van der Waals surface area contributed by atoms with E-state index < -0.39 is 34.2 Å². The van der Waals surface area contributed by atoms with Gasteiger partial charge in [0, 0.05) is 52.4 Å². The summed E-state index contributed by atoms with van der Waals surface area (Å²) in [5.41, 5.74) is 10.5. The van der Waals surface area contributed by atoms with Gasteiger partial charge in [-0.1, -0.05) is 234 Å². The Morgan fingerprint density at radius 3 is 1.06 bits per heavy atom. The van der Waals surface area contributed by atoms with Crippen molar-refractivity contribution in [3.8, 4) is 11.5 Å². The number of carbonyl (C=O) groups is 2. The Balaban J connectivity index is 1.72. The number of rotatable bonds is 44. The fourth-order valence-corrected chi connectivity index (χ4v) is 24.3. The van der Waals surface area contributed by atoms with Crippen LogP contribution in [0.2, 0.25) is 43.3 Å². The van der Waals surface area contributed by atoms with Crippen LogP contribution in [0.25, 0.3) is 0 Å². The highest BCUT2D eigenvalue weighted by atomic mass is 35.5. The largest absolute Gasteiger partial charge is 0.493 e. The van der Waals surface area contributed by atoms with E-state index >= 15 is 0 Å². The first kappa shape index (κ1) is 71.6. The van der Waals surface area contributed by atoms with E-state index in [9.17, 15) is 9.59 Å². The molecule has 0 unspecified atom stereocenters. The van der Waals surface area contributed by atoms with E-state index in [0.717, 1.165) is 64.6 Å². The standard InChI is InChI=1S/C68H113Cl2NO7Si2/c1-51(2)47-65(71)66(72)41-42-67(73)78-68(58-33-37-61(69)38-34-58,59-35-39-62(70)40-36-59)60-48-63(74-43-29-25-21-17-15-19-23-27-31-45-76-79(52(3)4,53(5)6)54(7)8)50-64(49-60)75-44-30-26-22-18-16-20-24-28-32-46-77-80(55(9)10,56(11)12)57(13)14/h33-40,48-57,65H,15-32,41-47,71H2,1-14H3/t65-/m0/s1. The Morgan fingerprint density at radius 2 is 0.750 bits per heavy atom. The van der Waals surface area contributed by atoms with Crippen LogP contribution in [0.1, 0.15) is 248 Å². The zero-order chi connectivity index (χ0) is 59.3. The van der Waals surface area contributed by atoms with E-state index in [4.69, 9.17) is 52.0 Å². The van der Waals surface area contributed by atoms with Crippen LogP contribution in [-0.4, -0.2) is 60.9 Å². The minimum atomic E-state index is -1.79. The van der Waals surface area contributed by atoms with Gasteiger partial charge in [-0.05, 0) is 108 Å². The summed E-state index contributed by atoms with van der Waals surface area (Å²) in [6.45, 7) is 35.3. The van der Waals surface area contributed by atoms with Gasteiger partial charge in [0.2, 0.25) is 0 Å². The molecule has 454 valence electrons. The van der Waals surface area contributed by atoms with Crippen LogP contribution in [-0.2, 0) is 28.8 Å². The lowest BCUT2D eigenvalue weighted by atomic mass is 9.79. The first-order valence-corrected chi connectivity index (χ1v) is 36.8. The molecule has 3 aromatic rings. The van der Waals surface area contributed by atoms with Gasteiger partial charge in [0.1, 0.15) is 17.3 Å². The summed E-state index contributed by atoms with van der Waals surface area (Å²) in [4.78, 5) is 27.5. The third kappa shape index (κ3) is 22.7. The van der Waals surface area contributed by atoms with Crippen LogP contribution in [0, 0.1) is 5.92 Å². The molecule has 0 heterocycles. The fourth-order valence-electron chi connectivity index (χ4n) is 13.0. The zero-order valence-corrected chi connectivity index (χ0v) is 56.4. The predicted octanol–water partition coefficient (Wildman–Crippen LogP) is 20.7. The molecule has 0 saturated heterocycles. The molecule has 0 aliphatic carbocycles. The number of carbonyl (C=O) groups excluding carboxylic acids is 2. The lowest BCUT2D eigenvalue weighted by molar-refractivity contribution is -0.154. The summed E-state index contributed by atoms with van der Waals surface area (Å²) in [5, 5.41) is 1.09. The van der Waals surface area contributed by atoms with Crippen molar-refractivity contribution in [2.45, 2.75) is 277 Å². The second kappa shape index (κ2) is 37.6. The van der Waals surface area contributed by atoms with Crippen molar-refractivity contribution in [1.82, 2.24) is 0 Å². The molecule has 2 N–H and O–H groups in total. The van der Waals surface area contributed by atoms with Gasteiger partial charge in [0.15, 0.2) is 22.2 Å². The number of Topliss-reactive ketones (excluding diaryl/α,β-unsaturated/α-hetero) is 1. The number of ether oxygens (including phenoxy) is 3. The van der Waals surface area contributed by atoms with Gasteiger partial charge < -0.3 is 28.8 Å². The molecule has 3 aromatic carbocycles. The molecule has 0 aromatic heterocycles. The fraction of sp³-hybridized carbons (Fsp3) is 0.706. The summed E-state index contributed by atoms with van der Waals surface area (Å²) in [7, 11) is -3.59. The van der Waals surface area contributed by atoms with E-state index in [0.29, 0.717) is 91.1 Å². The van der Waals surface area contributed by atoms with Crippen molar-refractivity contribution in [2.75, 3.05) is 26.4 Å². The normalized spacial score (nSPS) is 13.0. The Bertz CT molecular complexity index is 2000. The molecule has 8 nitrogen and oxygen atoms in total. The van der Waals surface area contributed by atoms with Crippen LogP contribution in [0.3, 0.4) is 0 Å². The highest BCUT2D eigenvalue weighted by Gasteiger charge is 2.46. The van der Waals surface area contributed by atoms with Gasteiger partial charge in [-0.15, -0.1) is 0 Å². The molecule has 80 heavy (non-hydrogen) atoms. The number of hydrogen-bond donors (Lipinski definition) is 1. The Kier molecular flexibility index (Phi) is 33.6. The lowest BCUT2D eigenvalue weighted by Crippen LogP contribution is -2.47. The molecule has 0 bridgehead atoms. The number of esters is 1. The highest BCUT2D eigenvalue weighted by Crippen LogP contribution is 2.46. The monoisotopic (exact) mass is 1180 g/mol. The molecule has 1 atom stereocenters. The van der Waals surface area contributed by atoms with Crippen LogP contribution in [0.15, 0.2) is 66.7 Å². The molecular weight excluding hydrogens is 1070 g/mol. The smallest absolute Gasteiger partial charge is 0.307 e. The summed E-state index contributed by atoms with van der Waals surface area (Å²) in [6, 6.07) is 19.9. The second-order valence-corrected chi connectivity index (χ2v) is 37.3. The van der Waals surface area contributed by atoms with Gasteiger partial charge in [0.25, 0.3) is 0 Å². The minimum Gasteiger partial charge on any atom is -0.493 e. The zero-order valence-electron chi connectivity index (χ0n) is 52.8. The van der Waals surface area contributed by atoms with Gasteiger partial charge in [-0.3, -0.25) is 9.59 Å². The van der Waals surface area contributed by atoms with Crippen molar-refractivity contribution in [2.24, 2.45) is 11.7 Å². The third-order valence-corrected chi connectivity index (χ3v) is 29.7. The van der Waals surface area contributed by atoms with Gasteiger partial charge >= 0.3 is 5.97 Å². The van der Waals surface area contributed by atoms with Crippen molar-refractivity contribution in [3.05, 3.63) is 93.5 Å². The average Bonchev–Trinajstić information content (AvgIpc) is 3.60. The Morgan fingerprint density at radius 1 is 0.438 bits per heavy atom. The summed E-state index contributed by atoms with van der Waals surface area (Å²) in [5.74, 6) is 0.801. The number of nitrogens with two attached hydrogens (primary N) is 1. The quantitative estimate of drug-likeness (QED) is 0.0258. The molecule has 12 heteroatoms. The number of halogens is 2. The lowest BCUT2D eigenvalue weighted by Gasteiger charge is -2.42. The molecule has 0 aliphatic heterocycles. The molecular formula is C68H113Cl2NO7Si2. The topological polar surface area (TPSA) is 106 Å². The van der Waals surface area contributed by atoms with Gasteiger partial charge in [-0.25, -0.2) is 0 Å². The molecule has 0 amide bonds. The van der Waals surface area contributed by atoms with Crippen LogP contribution >= 0.6 is 23.2 Å². The van der Waals surface area contributed by atoms with Crippen molar-refractivity contribution in [1.29, 1.82) is 0 Å². The van der Waals surface area contributed by atoms with Gasteiger partial charge in [0.05, 0.1) is 25.7 Å². The highest BCUT2D eigenvalue weighted by molar-refractivity contribution is 6.78. The third-order valence-electron chi connectivity index (χ3n) is 17.0. The minimum absolute atomic E-state index is 0.0266. The van der Waals surface area contributed by atoms with E-state index in [1.165, 1.54) is 64.2 Å². The van der Waals surface area contributed by atoms with Crippen LogP contribution in [0.4, 0.5) is 0 Å². The second-order valence-electron chi connectivity index (χ2n) is 25.5. The molecule has 3 rings (SSSR count). The first-order chi connectivity index (χ1) is 38.0. The SMILES string of the molecule is CC(C)C[C@H](N)C(=O)CCC(=O)OC(c1ccc(Cl)cc1)(c1ccc(Cl)cc1)c1cc(OCCCCCCCCCCCO[Si](C(C)C)(C(C)C)C(C)C)cc(OCCCCCCCCCCCO[Si](C(C)C)(C(C)C)C(C)C)c1. The molecule has 0 radical (unpaired) electrons. The van der Waals surface area contributed by atoms with E-state index in [2.05, 4.69) is 83.1 Å². The molecule has 0 spiro atoms. The molecule has 0 aliphatic rings. The maximum Gasteiger partial charge on any atom is 0.307 e. The predicted molar refractivity (Wildman–Crippen MR) is 345 cm³/mol. The Labute approximate surface area is 501 Å². The maximum absolute atomic E-state index is 14.3. The maximum atomic E-state index is 14.3. The first-order valence-electron chi connectivity index (χ1n) is 31.8. The van der Waals surface area contributed by atoms with Gasteiger partial charge in [-0.2, -0.15) is 0 Å². The van der Waals surface area contributed by atoms with Crippen LogP contribution in [0.5, 0.6) is 11.5 Å². The average molecular weight is 1180 g/mol.